The molecule has 1 aromatic heterocycles. The van der Waals surface area contributed by atoms with Crippen LogP contribution in [0, 0.1) is 13.8 Å². The van der Waals surface area contributed by atoms with E-state index in [-0.39, 0.29) is 10.8 Å². The second kappa shape index (κ2) is 5.82. The fourth-order valence-electron chi connectivity index (χ4n) is 1.83. The molecule has 0 aliphatic heterocycles. The number of aryl methyl sites for hydroxylation is 2. The summed E-state index contributed by atoms with van der Waals surface area (Å²) in [5.41, 5.74) is 2.54. The minimum absolute atomic E-state index is 0.0531. The fourth-order valence-corrected chi connectivity index (χ4v) is 2.37. The second-order valence-electron chi connectivity index (χ2n) is 4.30. The maximum absolute atomic E-state index is 9.83. The summed E-state index contributed by atoms with van der Waals surface area (Å²) < 4.78 is 5.08. The molecular formula is C13H14Cl2N2O2. The lowest BCUT2D eigenvalue weighted by Gasteiger charge is -2.08. The van der Waals surface area contributed by atoms with Crippen LogP contribution < -0.4 is 5.32 Å². The van der Waals surface area contributed by atoms with Crippen molar-refractivity contribution in [2.75, 3.05) is 0 Å². The molecule has 0 bridgehead atoms. The second-order valence-corrected chi connectivity index (χ2v) is 5.15. The molecule has 0 amide bonds. The topological polar surface area (TPSA) is 58.3 Å². The van der Waals surface area contributed by atoms with Gasteiger partial charge in [0.05, 0.1) is 10.7 Å². The summed E-state index contributed by atoms with van der Waals surface area (Å²) in [5.74, 6) is 0.843. The lowest BCUT2D eigenvalue weighted by Crippen LogP contribution is -2.13. The highest BCUT2D eigenvalue weighted by molar-refractivity contribution is 6.35. The van der Waals surface area contributed by atoms with E-state index in [1.807, 2.05) is 13.8 Å². The largest absolute Gasteiger partial charge is 0.506 e. The highest BCUT2D eigenvalue weighted by Gasteiger charge is 2.10. The highest BCUT2D eigenvalue weighted by atomic mass is 35.5. The van der Waals surface area contributed by atoms with Crippen LogP contribution >= 0.6 is 23.2 Å². The zero-order valence-electron chi connectivity index (χ0n) is 10.6. The molecule has 102 valence electrons. The molecule has 0 saturated carbocycles. The van der Waals surface area contributed by atoms with Gasteiger partial charge in [0.15, 0.2) is 0 Å². The predicted molar refractivity (Wildman–Crippen MR) is 74.6 cm³/mol. The van der Waals surface area contributed by atoms with Gasteiger partial charge in [-0.15, -0.1) is 0 Å². The summed E-state index contributed by atoms with van der Waals surface area (Å²) >= 11 is 11.8. The Morgan fingerprint density at radius 2 is 2.00 bits per heavy atom. The van der Waals surface area contributed by atoms with Crippen LogP contribution in [0.25, 0.3) is 0 Å². The van der Waals surface area contributed by atoms with E-state index in [9.17, 15) is 5.11 Å². The zero-order valence-corrected chi connectivity index (χ0v) is 12.1. The molecule has 0 aliphatic rings. The van der Waals surface area contributed by atoms with Crippen molar-refractivity contribution in [3.63, 3.8) is 0 Å². The van der Waals surface area contributed by atoms with Crippen molar-refractivity contribution in [1.29, 1.82) is 0 Å². The smallest absolute Gasteiger partial charge is 0.138 e. The van der Waals surface area contributed by atoms with Crippen molar-refractivity contribution in [1.82, 2.24) is 10.5 Å². The number of hydrogen-bond acceptors (Lipinski definition) is 4. The van der Waals surface area contributed by atoms with E-state index < -0.39 is 0 Å². The van der Waals surface area contributed by atoms with Gasteiger partial charge in [-0.2, -0.15) is 0 Å². The number of nitrogens with one attached hydrogen (secondary N) is 1. The highest BCUT2D eigenvalue weighted by Crippen LogP contribution is 2.31. The van der Waals surface area contributed by atoms with Crippen LogP contribution in [-0.4, -0.2) is 10.3 Å². The molecule has 1 heterocycles. The lowest BCUT2D eigenvalue weighted by atomic mass is 10.1. The normalized spacial score (nSPS) is 10.9. The summed E-state index contributed by atoms with van der Waals surface area (Å²) in [6, 6.07) is 3.19. The Morgan fingerprint density at radius 3 is 2.63 bits per heavy atom. The summed E-state index contributed by atoms with van der Waals surface area (Å²) in [6.07, 6.45) is 0. The Labute approximate surface area is 121 Å². The lowest BCUT2D eigenvalue weighted by molar-refractivity contribution is 0.392. The van der Waals surface area contributed by atoms with Crippen LogP contribution in [0.1, 0.15) is 22.6 Å². The van der Waals surface area contributed by atoms with Gasteiger partial charge >= 0.3 is 0 Å². The summed E-state index contributed by atoms with van der Waals surface area (Å²) in [6.45, 7) is 4.81. The molecule has 0 radical (unpaired) electrons. The molecular weight excluding hydrogens is 287 g/mol. The van der Waals surface area contributed by atoms with Crippen molar-refractivity contribution >= 4 is 23.2 Å². The molecule has 0 fully saturated rings. The van der Waals surface area contributed by atoms with Gasteiger partial charge in [0.2, 0.25) is 0 Å². The molecule has 2 N–H and O–H groups in total. The molecule has 1 aromatic carbocycles. The molecule has 0 spiro atoms. The number of halogens is 2. The van der Waals surface area contributed by atoms with Gasteiger partial charge in [0.25, 0.3) is 0 Å². The van der Waals surface area contributed by atoms with Crippen LogP contribution in [0.3, 0.4) is 0 Å². The maximum Gasteiger partial charge on any atom is 0.138 e. The average Bonchev–Trinajstić information content (AvgIpc) is 2.66. The van der Waals surface area contributed by atoms with E-state index in [0.717, 1.165) is 17.0 Å². The van der Waals surface area contributed by atoms with Gasteiger partial charge in [0.1, 0.15) is 11.5 Å². The Hall–Kier alpha value is -1.23. The van der Waals surface area contributed by atoms with Crippen LogP contribution in [0.15, 0.2) is 16.7 Å². The third-order valence-electron chi connectivity index (χ3n) is 2.91. The zero-order chi connectivity index (χ0) is 14.0. The Morgan fingerprint density at radius 1 is 1.26 bits per heavy atom. The number of aromatic nitrogens is 1. The number of rotatable bonds is 4. The number of aromatic hydroxyl groups is 1. The van der Waals surface area contributed by atoms with Crippen LogP contribution in [-0.2, 0) is 13.1 Å². The van der Waals surface area contributed by atoms with Crippen molar-refractivity contribution < 1.29 is 9.63 Å². The standard InChI is InChI=1S/C13H14Cl2N2O2/c1-7-11(8(2)19-17-7)6-16-5-9-3-10(14)4-12(15)13(9)18/h3-4,16,18H,5-6H2,1-2H3. The Balaban J connectivity index is 2.04. The van der Waals surface area contributed by atoms with Gasteiger partial charge in [-0.1, -0.05) is 28.4 Å². The van der Waals surface area contributed by atoms with Crippen LogP contribution in [0.2, 0.25) is 10.0 Å². The van der Waals surface area contributed by atoms with Crippen molar-refractivity contribution in [2.45, 2.75) is 26.9 Å². The summed E-state index contributed by atoms with van der Waals surface area (Å²) in [5, 5.41) is 17.7. The maximum atomic E-state index is 9.83. The van der Waals surface area contributed by atoms with Gasteiger partial charge in [0, 0.05) is 29.2 Å². The molecule has 0 saturated heterocycles. The number of benzene rings is 1. The molecule has 6 heteroatoms. The Kier molecular flexibility index (Phi) is 4.34. The number of hydrogen-bond donors (Lipinski definition) is 2. The van der Waals surface area contributed by atoms with Gasteiger partial charge in [-0.05, 0) is 26.0 Å². The molecule has 0 atom stereocenters. The Bertz CT molecular complexity index is 577. The molecule has 2 rings (SSSR count). The van der Waals surface area contributed by atoms with Gasteiger partial charge < -0.3 is 14.9 Å². The van der Waals surface area contributed by atoms with Crippen molar-refractivity contribution in [3.8, 4) is 5.75 Å². The quantitative estimate of drug-likeness (QED) is 0.906. The number of phenols is 1. The van der Waals surface area contributed by atoms with Crippen LogP contribution in [0.4, 0.5) is 0 Å². The molecule has 0 aliphatic carbocycles. The molecule has 4 nitrogen and oxygen atoms in total. The van der Waals surface area contributed by atoms with E-state index in [0.29, 0.717) is 23.7 Å². The molecule has 2 aromatic rings. The van der Waals surface area contributed by atoms with Gasteiger partial charge in [-0.25, -0.2) is 0 Å². The number of nitrogens with zero attached hydrogens (tertiary/aromatic N) is 1. The third kappa shape index (κ3) is 3.21. The van der Waals surface area contributed by atoms with E-state index in [1.165, 1.54) is 6.07 Å². The third-order valence-corrected chi connectivity index (χ3v) is 3.41. The summed E-state index contributed by atoms with van der Waals surface area (Å²) in [7, 11) is 0. The summed E-state index contributed by atoms with van der Waals surface area (Å²) in [4.78, 5) is 0. The van der Waals surface area contributed by atoms with Crippen molar-refractivity contribution in [3.05, 3.63) is 44.8 Å². The number of phenolic OH excluding ortho intramolecular Hbond substituents is 1. The van der Waals surface area contributed by atoms with E-state index in [2.05, 4.69) is 10.5 Å². The van der Waals surface area contributed by atoms with Gasteiger partial charge in [-0.3, -0.25) is 0 Å². The minimum Gasteiger partial charge on any atom is -0.506 e. The monoisotopic (exact) mass is 300 g/mol. The van der Waals surface area contributed by atoms with Crippen LogP contribution in [0.5, 0.6) is 5.75 Å². The van der Waals surface area contributed by atoms with E-state index in [4.69, 9.17) is 27.7 Å². The predicted octanol–water partition coefficient (Wildman–Crippen LogP) is 3.59. The first-order valence-corrected chi connectivity index (χ1v) is 6.54. The van der Waals surface area contributed by atoms with Crippen molar-refractivity contribution in [2.24, 2.45) is 0 Å². The SMILES string of the molecule is Cc1noc(C)c1CNCc1cc(Cl)cc(Cl)c1O. The molecule has 19 heavy (non-hydrogen) atoms. The minimum atomic E-state index is 0.0531. The van der Waals surface area contributed by atoms with E-state index >= 15 is 0 Å². The van der Waals surface area contributed by atoms with E-state index in [1.54, 1.807) is 6.07 Å². The molecule has 0 unspecified atom stereocenters. The average molecular weight is 301 g/mol. The fraction of sp³-hybridized carbons (Fsp3) is 0.308. The first-order chi connectivity index (χ1) is 8.99. The first-order valence-electron chi connectivity index (χ1n) is 5.78. The first kappa shape index (κ1) is 14.2.